The van der Waals surface area contributed by atoms with Crippen molar-refractivity contribution in [1.82, 2.24) is 10.6 Å². The van der Waals surface area contributed by atoms with E-state index in [1.165, 1.54) is 35.2 Å². The van der Waals surface area contributed by atoms with Crippen LogP contribution in [0.15, 0.2) is 91.0 Å². The number of amides is 2. The summed E-state index contributed by atoms with van der Waals surface area (Å²) in [6.45, 7) is -0.00783. The third-order valence-electron chi connectivity index (χ3n) is 8.31. The van der Waals surface area contributed by atoms with Gasteiger partial charge >= 0.3 is 6.18 Å². The molecule has 0 aromatic heterocycles. The van der Waals surface area contributed by atoms with Crippen molar-refractivity contribution >= 4 is 38.9 Å². The lowest BCUT2D eigenvalue weighted by molar-refractivity contribution is -0.137. The number of rotatable bonds is 13. The molecule has 1 heterocycles. The summed E-state index contributed by atoms with van der Waals surface area (Å²) in [5, 5.41) is 17.1. The molecule has 0 radical (unpaired) electrons. The van der Waals surface area contributed by atoms with Crippen LogP contribution in [0.3, 0.4) is 0 Å². The van der Waals surface area contributed by atoms with Gasteiger partial charge in [-0.1, -0.05) is 54.6 Å². The lowest BCUT2D eigenvalue weighted by Crippen LogP contribution is -2.49. The Hall–Kier alpha value is -4.86. The summed E-state index contributed by atoms with van der Waals surface area (Å²) in [7, 11) is -4.27. The lowest BCUT2D eigenvalue weighted by atomic mass is 9.99. The summed E-state index contributed by atoms with van der Waals surface area (Å²) in [5.74, 6) is -3.69. The van der Waals surface area contributed by atoms with Gasteiger partial charge in [0.1, 0.15) is 0 Å². The van der Waals surface area contributed by atoms with Crippen LogP contribution in [0.5, 0.6) is 0 Å². The highest BCUT2D eigenvalue weighted by Gasteiger charge is 2.34. The molecular weight excluding hydrogens is 695 g/mol. The highest BCUT2D eigenvalue weighted by molar-refractivity contribution is 7.92. The first kappa shape index (κ1) is 37.4. The Bertz CT molecular complexity index is 2000. The number of para-hydroxylation sites is 1. The SMILES string of the molecule is CS(=O)(=O)N(c1ccc(F)c(F)c1)c1cccc(C(=O)N[C@@H](Cc2ccccc2)[C@H](O)CNCc2cccc(C(F)(F)F)c2)c1N1CCCC1=O. The molecule has 5 rings (SSSR count). The molecule has 270 valence electrons. The second kappa shape index (κ2) is 15.6. The Labute approximate surface area is 291 Å². The molecule has 0 unspecified atom stereocenters. The van der Waals surface area contributed by atoms with Crippen LogP contribution in [0.2, 0.25) is 0 Å². The fraction of sp³-hybridized carbons (Fsp3) is 0.278. The highest BCUT2D eigenvalue weighted by atomic mass is 32.2. The number of halogens is 5. The largest absolute Gasteiger partial charge is 0.416 e. The van der Waals surface area contributed by atoms with Crippen LogP contribution in [0, 0.1) is 11.6 Å². The molecule has 4 aromatic rings. The summed E-state index contributed by atoms with van der Waals surface area (Å²) in [4.78, 5) is 28.5. The monoisotopic (exact) mass is 730 g/mol. The van der Waals surface area contributed by atoms with Crippen LogP contribution in [-0.2, 0) is 34.0 Å². The third kappa shape index (κ3) is 9.09. The standard InChI is InChI=1S/C36H35F5N4O5S/c1-51(49,50)45(26-15-16-28(37)29(38)20-26)31-13-6-12-27(34(31)44-17-7-14-33(44)47)35(48)43-30(19-23-8-3-2-4-9-23)32(46)22-42-21-24-10-5-11-25(18-24)36(39,40)41/h2-6,8-13,15-16,18,20,30,32,42,46H,7,14,17,19,21-22H2,1H3,(H,43,48)/t30-,32+/m0/s1. The molecule has 51 heavy (non-hydrogen) atoms. The van der Waals surface area contributed by atoms with Gasteiger partial charge in [-0.25, -0.2) is 21.5 Å². The zero-order valence-corrected chi connectivity index (χ0v) is 28.1. The number of carbonyl (C=O) groups is 2. The van der Waals surface area contributed by atoms with E-state index in [2.05, 4.69) is 10.6 Å². The molecule has 9 nitrogen and oxygen atoms in total. The first-order chi connectivity index (χ1) is 24.1. The van der Waals surface area contributed by atoms with Crippen molar-refractivity contribution in [2.24, 2.45) is 0 Å². The van der Waals surface area contributed by atoms with E-state index >= 15 is 0 Å². The quantitative estimate of drug-likeness (QED) is 0.152. The average molecular weight is 731 g/mol. The van der Waals surface area contributed by atoms with Gasteiger partial charge in [0.2, 0.25) is 15.9 Å². The van der Waals surface area contributed by atoms with Gasteiger partial charge in [-0.05, 0) is 54.3 Å². The zero-order valence-electron chi connectivity index (χ0n) is 27.3. The van der Waals surface area contributed by atoms with Gasteiger partial charge < -0.3 is 20.6 Å². The smallest absolute Gasteiger partial charge is 0.390 e. The van der Waals surface area contributed by atoms with Crippen molar-refractivity contribution in [1.29, 1.82) is 0 Å². The van der Waals surface area contributed by atoms with Crippen LogP contribution < -0.4 is 19.8 Å². The number of anilines is 3. The number of sulfonamides is 1. The number of aliphatic hydroxyl groups excluding tert-OH is 1. The molecule has 0 saturated carbocycles. The molecule has 4 aromatic carbocycles. The van der Waals surface area contributed by atoms with Crippen LogP contribution >= 0.6 is 0 Å². The Morgan fingerprint density at radius 2 is 1.65 bits per heavy atom. The topological polar surface area (TPSA) is 119 Å². The molecule has 0 aliphatic carbocycles. The van der Waals surface area contributed by atoms with Gasteiger partial charge in [0.15, 0.2) is 11.6 Å². The molecule has 1 saturated heterocycles. The lowest BCUT2D eigenvalue weighted by Gasteiger charge is -2.31. The Balaban J connectivity index is 1.48. The summed E-state index contributed by atoms with van der Waals surface area (Å²) in [5.41, 5.74) is -0.381. The van der Waals surface area contributed by atoms with Crippen molar-refractivity contribution < 1.29 is 45.1 Å². The summed E-state index contributed by atoms with van der Waals surface area (Å²) < 4.78 is 95.0. The highest BCUT2D eigenvalue weighted by Crippen LogP contribution is 2.41. The van der Waals surface area contributed by atoms with Gasteiger partial charge in [0, 0.05) is 32.1 Å². The molecule has 1 aliphatic rings. The molecule has 0 bridgehead atoms. The van der Waals surface area contributed by atoms with Gasteiger partial charge in [-0.3, -0.25) is 9.59 Å². The maximum absolute atomic E-state index is 14.4. The van der Waals surface area contributed by atoms with Crippen LogP contribution in [0.4, 0.5) is 39.0 Å². The van der Waals surface area contributed by atoms with Crippen molar-refractivity contribution in [2.45, 2.75) is 44.1 Å². The minimum atomic E-state index is -4.52. The fourth-order valence-corrected chi connectivity index (χ4v) is 6.93. The zero-order chi connectivity index (χ0) is 36.9. The van der Waals surface area contributed by atoms with E-state index < -0.39 is 57.4 Å². The van der Waals surface area contributed by atoms with Crippen LogP contribution in [0.25, 0.3) is 0 Å². The molecule has 1 fully saturated rings. The number of hydrogen-bond donors (Lipinski definition) is 3. The fourth-order valence-electron chi connectivity index (χ4n) is 5.93. The van der Waals surface area contributed by atoms with Crippen molar-refractivity contribution in [3.63, 3.8) is 0 Å². The Morgan fingerprint density at radius 3 is 2.29 bits per heavy atom. The number of carbonyl (C=O) groups excluding carboxylic acids is 2. The summed E-state index contributed by atoms with van der Waals surface area (Å²) in [6, 6.07) is 19.3. The van der Waals surface area contributed by atoms with E-state index in [4.69, 9.17) is 0 Å². The van der Waals surface area contributed by atoms with E-state index in [0.717, 1.165) is 40.4 Å². The van der Waals surface area contributed by atoms with E-state index in [0.29, 0.717) is 18.1 Å². The number of aliphatic hydroxyl groups is 1. The average Bonchev–Trinajstić information content (AvgIpc) is 3.50. The molecule has 15 heteroatoms. The van der Waals surface area contributed by atoms with Gasteiger partial charge in [-0.15, -0.1) is 0 Å². The predicted octanol–water partition coefficient (Wildman–Crippen LogP) is 5.70. The second-order valence-corrected chi connectivity index (χ2v) is 13.9. The summed E-state index contributed by atoms with van der Waals surface area (Å²) >= 11 is 0. The Kier molecular flexibility index (Phi) is 11.4. The molecular formula is C36H35F5N4O5S. The molecule has 1 aliphatic heterocycles. The van der Waals surface area contributed by atoms with E-state index in [1.54, 1.807) is 30.3 Å². The maximum Gasteiger partial charge on any atom is 0.416 e. The molecule has 2 atom stereocenters. The van der Waals surface area contributed by atoms with Crippen molar-refractivity contribution in [2.75, 3.05) is 28.6 Å². The predicted molar refractivity (Wildman–Crippen MR) is 182 cm³/mol. The number of nitrogens with zero attached hydrogens (tertiary/aromatic N) is 2. The van der Waals surface area contributed by atoms with Crippen LogP contribution in [0.1, 0.15) is 39.9 Å². The first-order valence-corrected chi connectivity index (χ1v) is 17.8. The molecule has 2 amide bonds. The van der Waals surface area contributed by atoms with Gasteiger partial charge in [0.25, 0.3) is 5.91 Å². The molecule has 3 N–H and O–H groups in total. The second-order valence-electron chi connectivity index (χ2n) is 12.1. The minimum Gasteiger partial charge on any atom is -0.390 e. The van der Waals surface area contributed by atoms with Crippen molar-refractivity contribution in [3.8, 4) is 0 Å². The van der Waals surface area contributed by atoms with E-state index in [1.807, 2.05) is 0 Å². The normalized spacial score (nSPS) is 14.7. The third-order valence-corrected chi connectivity index (χ3v) is 9.38. The van der Waals surface area contributed by atoms with E-state index in [-0.39, 0.29) is 55.1 Å². The number of hydrogen-bond acceptors (Lipinski definition) is 6. The minimum absolute atomic E-state index is 0.0123. The number of nitrogens with one attached hydrogen (secondary N) is 2. The van der Waals surface area contributed by atoms with Crippen molar-refractivity contribution in [3.05, 3.63) is 125 Å². The number of alkyl halides is 3. The van der Waals surface area contributed by atoms with Crippen LogP contribution in [-0.4, -0.2) is 56.8 Å². The molecule has 0 spiro atoms. The summed E-state index contributed by atoms with van der Waals surface area (Å²) in [6.07, 6.45) is -4.30. The van der Waals surface area contributed by atoms with Gasteiger partial charge in [0.05, 0.1) is 46.6 Å². The Morgan fingerprint density at radius 1 is 0.941 bits per heavy atom. The first-order valence-electron chi connectivity index (χ1n) is 15.9. The maximum atomic E-state index is 14.4. The van der Waals surface area contributed by atoms with Gasteiger partial charge in [-0.2, -0.15) is 13.2 Å². The van der Waals surface area contributed by atoms with E-state index in [9.17, 15) is 45.1 Å². The number of benzene rings is 4.